The van der Waals surface area contributed by atoms with E-state index >= 15 is 0 Å². The Morgan fingerprint density at radius 3 is 2.75 bits per heavy atom. The largest absolute Gasteiger partial charge is 0.490 e. The number of aromatic nitrogens is 4. The lowest BCUT2D eigenvalue weighted by molar-refractivity contribution is 0.241. The van der Waals surface area contributed by atoms with Crippen molar-refractivity contribution in [2.75, 3.05) is 12.3 Å². The first-order chi connectivity index (χ1) is 13.6. The minimum Gasteiger partial charge on any atom is -0.490 e. The van der Waals surface area contributed by atoms with Gasteiger partial charge in [-0.05, 0) is 83.0 Å². The Kier molecular flexibility index (Phi) is 7.88. The summed E-state index contributed by atoms with van der Waals surface area (Å²) in [5, 5.41) is 16.3. The van der Waals surface area contributed by atoms with Crippen LogP contribution in [0.5, 0.6) is 5.75 Å². The van der Waals surface area contributed by atoms with Crippen molar-refractivity contribution in [3.05, 3.63) is 58.6 Å². The zero-order valence-electron chi connectivity index (χ0n) is 16.0. The fourth-order valence-electron chi connectivity index (χ4n) is 2.60. The average Bonchev–Trinajstić information content (AvgIpc) is 3.15. The van der Waals surface area contributed by atoms with Gasteiger partial charge in [0.15, 0.2) is 0 Å². The van der Waals surface area contributed by atoms with Crippen LogP contribution in [-0.4, -0.2) is 38.6 Å². The van der Waals surface area contributed by atoms with Gasteiger partial charge in [-0.3, -0.25) is 0 Å². The van der Waals surface area contributed by atoms with Crippen LogP contribution in [0.1, 0.15) is 25.8 Å². The number of tetrazole rings is 1. The second-order valence-electron chi connectivity index (χ2n) is 6.52. The van der Waals surface area contributed by atoms with Crippen LogP contribution < -0.4 is 10.1 Å². The molecule has 0 aliphatic heterocycles. The smallest absolute Gasteiger partial charge is 0.214 e. The summed E-state index contributed by atoms with van der Waals surface area (Å²) in [5.74, 6) is 1.83. The zero-order chi connectivity index (χ0) is 19.8. The quantitative estimate of drug-likeness (QED) is 0.354. The molecule has 0 aliphatic rings. The summed E-state index contributed by atoms with van der Waals surface area (Å²) in [5.41, 5.74) is 2.20. The minimum atomic E-state index is 0.167. The maximum atomic E-state index is 5.75. The molecule has 1 heterocycles. The van der Waals surface area contributed by atoms with Gasteiger partial charge in [0.25, 0.3) is 0 Å². The maximum Gasteiger partial charge on any atom is 0.214 e. The van der Waals surface area contributed by atoms with Gasteiger partial charge in [0.05, 0.1) is 16.3 Å². The lowest BCUT2D eigenvalue weighted by Gasteiger charge is -2.12. The molecule has 148 valence electrons. The van der Waals surface area contributed by atoms with Crippen LogP contribution in [-0.2, 0) is 6.54 Å². The van der Waals surface area contributed by atoms with E-state index < -0.39 is 0 Å². The van der Waals surface area contributed by atoms with Gasteiger partial charge in [-0.25, -0.2) is 0 Å². The number of nitrogens with one attached hydrogen (secondary N) is 1. The summed E-state index contributed by atoms with van der Waals surface area (Å²) in [6.45, 7) is 5.81. The Hall–Kier alpha value is -1.90. The third-order valence-corrected chi connectivity index (χ3v) is 5.48. The Morgan fingerprint density at radius 2 is 2.00 bits per heavy atom. The fraction of sp³-hybridized carbons (Fsp3) is 0.350. The third-order valence-electron chi connectivity index (χ3n) is 3.86. The van der Waals surface area contributed by atoms with E-state index in [1.807, 2.05) is 50.2 Å². The molecule has 0 bridgehead atoms. The van der Waals surface area contributed by atoms with Crippen LogP contribution in [0.3, 0.4) is 0 Å². The van der Waals surface area contributed by atoms with E-state index in [9.17, 15) is 0 Å². The predicted molar refractivity (Wildman–Crippen MR) is 116 cm³/mol. The van der Waals surface area contributed by atoms with Crippen LogP contribution in [0.15, 0.2) is 58.2 Å². The van der Waals surface area contributed by atoms with Crippen molar-refractivity contribution in [3.8, 4) is 11.4 Å². The molecule has 28 heavy (non-hydrogen) atoms. The van der Waals surface area contributed by atoms with E-state index in [1.54, 1.807) is 16.4 Å². The second kappa shape index (κ2) is 10.6. The van der Waals surface area contributed by atoms with Crippen molar-refractivity contribution < 1.29 is 4.74 Å². The molecule has 1 N–H and O–H groups in total. The molecule has 0 amide bonds. The Morgan fingerprint density at radius 1 is 1.18 bits per heavy atom. The van der Waals surface area contributed by atoms with E-state index in [0.29, 0.717) is 0 Å². The normalized spacial score (nSPS) is 11.1. The first-order valence-electron chi connectivity index (χ1n) is 9.26. The standard InChI is InChI=1S/C20H24BrN5OS/c1-15(2)27-19-10-9-16(13-18(19)21)14-22-11-6-12-28-20-23-24-25-26(20)17-7-4-3-5-8-17/h3-5,7-10,13,15,22H,6,11-12,14H2,1-2H3. The molecule has 0 saturated heterocycles. The van der Waals surface area contributed by atoms with Crippen LogP contribution >= 0.6 is 27.7 Å². The molecule has 6 nitrogen and oxygen atoms in total. The number of nitrogens with zero attached hydrogens (tertiary/aromatic N) is 4. The van der Waals surface area contributed by atoms with Crippen LogP contribution in [0, 0.1) is 0 Å². The lowest BCUT2D eigenvalue weighted by Crippen LogP contribution is -2.15. The summed E-state index contributed by atoms with van der Waals surface area (Å²) >= 11 is 5.25. The van der Waals surface area contributed by atoms with E-state index in [2.05, 4.69) is 48.9 Å². The van der Waals surface area contributed by atoms with E-state index in [0.717, 1.165) is 46.3 Å². The summed E-state index contributed by atoms with van der Waals surface area (Å²) in [4.78, 5) is 0. The Bertz CT molecular complexity index is 872. The number of thioether (sulfide) groups is 1. The maximum absolute atomic E-state index is 5.75. The Balaban J connectivity index is 1.39. The number of hydrogen-bond donors (Lipinski definition) is 1. The first-order valence-corrected chi connectivity index (χ1v) is 11.0. The van der Waals surface area contributed by atoms with Crippen LogP contribution in [0.2, 0.25) is 0 Å². The fourth-order valence-corrected chi connectivity index (χ4v) is 3.95. The SMILES string of the molecule is CC(C)Oc1ccc(CNCCCSc2nnnn2-c2ccccc2)cc1Br. The van der Waals surface area contributed by atoms with E-state index in [-0.39, 0.29) is 6.10 Å². The molecule has 0 atom stereocenters. The third kappa shape index (κ3) is 6.05. The van der Waals surface area contributed by atoms with Gasteiger partial charge in [-0.1, -0.05) is 36.0 Å². The van der Waals surface area contributed by atoms with Crippen molar-refractivity contribution in [3.63, 3.8) is 0 Å². The number of ether oxygens (including phenoxy) is 1. The molecule has 1 aromatic heterocycles. The molecule has 0 unspecified atom stereocenters. The highest BCUT2D eigenvalue weighted by atomic mass is 79.9. The summed E-state index contributed by atoms with van der Waals surface area (Å²) in [7, 11) is 0. The topological polar surface area (TPSA) is 64.9 Å². The van der Waals surface area contributed by atoms with E-state index in [4.69, 9.17) is 4.74 Å². The molecule has 0 radical (unpaired) electrons. The van der Waals surface area contributed by atoms with Gasteiger partial charge < -0.3 is 10.1 Å². The molecule has 3 aromatic rings. The van der Waals surface area contributed by atoms with Gasteiger partial charge in [-0.15, -0.1) is 5.10 Å². The van der Waals surface area contributed by atoms with E-state index in [1.165, 1.54) is 5.56 Å². The van der Waals surface area contributed by atoms with Gasteiger partial charge in [0.2, 0.25) is 5.16 Å². The van der Waals surface area contributed by atoms with Crippen molar-refractivity contribution in [2.45, 2.75) is 38.1 Å². The summed E-state index contributed by atoms with van der Waals surface area (Å²) in [6.07, 6.45) is 1.20. The van der Waals surface area contributed by atoms with Crippen molar-refractivity contribution in [1.82, 2.24) is 25.5 Å². The number of benzene rings is 2. The van der Waals surface area contributed by atoms with Crippen LogP contribution in [0.25, 0.3) is 5.69 Å². The minimum absolute atomic E-state index is 0.167. The number of halogens is 1. The van der Waals surface area contributed by atoms with Crippen molar-refractivity contribution >= 4 is 27.7 Å². The molecular weight excluding hydrogens is 438 g/mol. The highest BCUT2D eigenvalue weighted by Crippen LogP contribution is 2.27. The first kappa shape index (κ1) is 20.8. The molecule has 3 rings (SSSR count). The van der Waals surface area contributed by atoms with Gasteiger partial charge in [0.1, 0.15) is 5.75 Å². The monoisotopic (exact) mass is 461 g/mol. The average molecular weight is 462 g/mol. The summed E-state index contributed by atoms with van der Waals surface area (Å²) < 4.78 is 8.51. The van der Waals surface area contributed by atoms with Crippen LogP contribution in [0.4, 0.5) is 0 Å². The predicted octanol–water partition coefficient (Wildman–Crippen LogP) is 4.48. The number of hydrogen-bond acceptors (Lipinski definition) is 6. The molecule has 2 aromatic carbocycles. The Labute approximate surface area is 178 Å². The second-order valence-corrected chi connectivity index (χ2v) is 8.44. The highest BCUT2D eigenvalue weighted by Gasteiger charge is 2.08. The van der Waals surface area contributed by atoms with Gasteiger partial charge in [-0.2, -0.15) is 4.68 Å². The van der Waals surface area contributed by atoms with Crippen molar-refractivity contribution in [1.29, 1.82) is 0 Å². The summed E-state index contributed by atoms with van der Waals surface area (Å²) in [6, 6.07) is 16.2. The number of rotatable bonds is 10. The highest BCUT2D eigenvalue weighted by molar-refractivity contribution is 9.10. The number of para-hydroxylation sites is 1. The molecule has 0 fully saturated rings. The van der Waals surface area contributed by atoms with Gasteiger partial charge in [0, 0.05) is 12.3 Å². The molecule has 0 saturated carbocycles. The molecule has 8 heteroatoms. The lowest BCUT2D eigenvalue weighted by atomic mass is 10.2. The molecule has 0 spiro atoms. The molecule has 0 aliphatic carbocycles. The zero-order valence-corrected chi connectivity index (χ0v) is 18.4. The van der Waals surface area contributed by atoms with Gasteiger partial charge >= 0.3 is 0 Å². The van der Waals surface area contributed by atoms with Crippen molar-refractivity contribution in [2.24, 2.45) is 0 Å². The molecular formula is C20H24BrN5OS.